The largest absolute Gasteiger partial charge is 0.321 e. The summed E-state index contributed by atoms with van der Waals surface area (Å²) < 4.78 is 0. The number of quaternary nitrogens is 1. The van der Waals surface area contributed by atoms with Crippen LogP contribution in [0.1, 0.15) is 23.4 Å². The molecule has 0 radical (unpaired) electrons. The van der Waals surface area contributed by atoms with E-state index in [2.05, 4.69) is 23.7 Å². The van der Waals surface area contributed by atoms with Crippen molar-refractivity contribution >= 4 is 34.7 Å². The number of para-hydroxylation sites is 1. The van der Waals surface area contributed by atoms with Gasteiger partial charge in [0.15, 0.2) is 6.54 Å². The summed E-state index contributed by atoms with van der Waals surface area (Å²) in [7, 11) is 0. The minimum absolute atomic E-state index is 0.0991. The first-order chi connectivity index (χ1) is 10.7. The van der Waals surface area contributed by atoms with Gasteiger partial charge in [0.25, 0.3) is 5.91 Å². The fourth-order valence-corrected chi connectivity index (χ4v) is 4.57. The summed E-state index contributed by atoms with van der Waals surface area (Å²) in [6.07, 6.45) is 3.11. The number of anilines is 1. The first-order valence-electron chi connectivity index (χ1n) is 7.52. The molecule has 5 heteroatoms. The molecule has 1 aliphatic rings. The van der Waals surface area contributed by atoms with Crippen molar-refractivity contribution in [3.05, 3.63) is 46.2 Å². The molecule has 1 aromatic heterocycles. The van der Waals surface area contributed by atoms with Gasteiger partial charge in [0.2, 0.25) is 0 Å². The highest BCUT2D eigenvalue weighted by atomic mass is 32.2. The zero-order chi connectivity index (χ0) is 15.5. The molecule has 2 N–H and O–H groups in total. The predicted molar refractivity (Wildman–Crippen MR) is 94.0 cm³/mol. The van der Waals surface area contributed by atoms with Crippen LogP contribution in [0.15, 0.2) is 40.6 Å². The van der Waals surface area contributed by atoms with E-state index in [9.17, 15) is 4.79 Å². The van der Waals surface area contributed by atoms with Crippen LogP contribution >= 0.6 is 23.1 Å². The maximum Gasteiger partial charge on any atom is 0.279 e. The van der Waals surface area contributed by atoms with Gasteiger partial charge in [0.1, 0.15) is 6.04 Å². The van der Waals surface area contributed by atoms with E-state index in [0.717, 1.165) is 23.5 Å². The number of hydrogen-bond acceptors (Lipinski definition) is 3. The van der Waals surface area contributed by atoms with E-state index >= 15 is 0 Å². The quantitative estimate of drug-likeness (QED) is 0.843. The molecule has 3 nitrogen and oxygen atoms in total. The Kier molecular flexibility index (Phi) is 4.86. The van der Waals surface area contributed by atoms with Crippen LogP contribution in [0.2, 0.25) is 0 Å². The molecule has 3 rings (SSSR count). The standard InChI is InChI=1S/C17H20N2OS2/c1-12-13-8-10-22-15(13)7-9-19(12)11-17(20)18-14-5-3-4-6-16(14)21-2/h3-6,8,10,12H,7,9,11H2,1-2H3,(H,18,20)/p+1/t12-/m1/s1. The van der Waals surface area contributed by atoms with Gasteiger partial charge in [-0.25, -0.2) is 0 Å². The van der Waals surface area contributed by atoms with Crippen molar-refractivity contribution in [3.8, 4) is 0 Å². The van der Waals surface area contributed by atoms with Crippen LogP contribution in [-0.4, -0.2) is 25.3 Å². The molecule has 0 bridgehead atoms. The summed E-state index contributed by atoms with van der Waals surface area (Å²) in [6, 6.07) is 10.6. The SMILES string of the molecule is CSc1ccccc1NC(=O)C[NH+]1CCc2sccc2[C@H]1C. The summed E-state index contributed by atoms with van der Waals surface area (Å²) in [4.78, 5) is 16.4. The smallest absolute Gasteiger partial charge is 0.279 e. The zero-order valence-electron chi connectivity index (χ0n) is 12.9. The van der Waals surface area contributed by atoms with Crippen LogP contribution in [0.3, 0.4) is 0 Å². The second kappa shape index (κ2) is 6.86. The van der Waals surface area contributed by atoms with Gasteiger partial charge >= 0.3 is 0 Å². The van der Waals surface area contributed by atoms with Gasteiger partial charge in [-0.1, -0.05) is 12.1 Å². The second-order valence-corrected chi connectivity index (χ2v) is 7.45. The van der Waals surface area contributed by atoms with Crippen molar-refractivity contribution in [2.24, 2.45) is 0 Å². The Balaban J connectivity index is 1.65. The van der Waals surface area contributed by atoms with Gasteiger partial charge in [-0.05, 0) is 36.8 Å². The van der Waals surface area contributed by atoms with Gasteiger partial charge in [-0.3, -0.25) is 4.79 Å². The Morgan fingerprint density at radius 3 is 3.05 bits per heavy atom. The van der Waals surface area contributed by atoms with Crippen LogP contribution in [-0.2, 0) is 11.2 Å². The van der Waals surface area contributed by atoms with Crippen LogP contribution in [0.5, 0.6) is 0 Å². The van der Waals surface area contributed by atoms with Gasteiger partial charge in [0, 0.05) is 21.8 Å². The fourth-order valence-electron chi connectivity index (χ4n) is 3.04. The Morgan fingerprint density at radius 1 is 1.41 bits per heavy atom. The average Bonchev–Trinajstić information content (AvgIpc) is 3.00. The number of rotatable bonds is 4. The number of amides is 1. The lowest BCUT2D eigenvalue weighted by Gasteiger charge is -2.30. The number of thioether (sulfide) groups is 1. The first-order valence-corrected chi connectivity index (χ1v) is 9.63. The van der Waals surface area contributed by atoms with Crippen molar-refractivity contribution < 1.29 is 9.69 Å². The van der Waals surface area contributed by atoms with Gasteiger partial charge in [-0.2, -0.15) is 0 Å². The number of carbonyl (C=O) groups is 1. The topological polar surface area (TPSA) is 33.5 Å². The molecule has 1 unspecified atom stereocenters. The molecule has 0 spiro atoms. The molecule has 116 valence electrons. The van der Waals surface area contributed by atoms with Crippen LogP contribution in [0.25, 0.3) is 0 Å². The number of thiophene rings is 1. The molecule has 1 aromatic carbocycles. The Labute approximate surface area is 139 Å². The van der Waals surface area contributed by atoms with Crippen molar-refractivity contribution in [1.82, 2.24) is 0 Å². The lowest BCUT2D eigenvalue weighted by Crippen LogP contribution is -3.14. The Hall–Kier alpha value is -1.30. The number of hydrogen-bond donors (Lipinski definition) is 2. The molecule has 1 amide bonds. The molecule has 22 heavy (non-hydrogen) atoms. The molecule has 2 aromatic rings. The molecule has 0 saturated heterocycles. The lowest BCUT2D eigenvalue weighted by molar-refractivity contribution is -0.923. The van der Waals surface area contributed by atoms with E-state index in [1.165, 1.54) is 15.3 Å². The number of carbonyl (C=O) groups excluding carboxylic acids is 1. The first kappa shape index (κ1) is 15.6. The van der Waals surface area contributed by atoms with Crippen molar-refractivity contribution in [1.29, 1.82) is 0 Å². The molecular weight excluding hydrogens is 312 g/mol. The maximum atomic E-state index is 12.4. The zero-order valence-corrected chi connectivity index (χ0v) is 14.5. The normalized spacial score (nSPS) is 20.5. The van der Waals surface area contributed by atoms with Crippen LogP contribution in [0.4, 0.5) is 5.69 Å². The van der Waals surface area contributed by atoms with Crippen LogP contribution in [0, 0.1) is 0 Å². The predicted octanol–water partition coefficient (Wildman–Crippen LogP) is 2.61. The monoisotopic (exact) mass is 333 g/mol. The minimum atomic E-state index is 0.0991. The van der Waals surface area contributed by atoms with Crippen molar-refractivity contribution in [3.63, 3.8) is 0 Å². The van der Waals surface area contributed by atoms with E-state index in [0.29, 0.717) is 12.6 Å². The summed E-state index contributed by atoms with van der Waals surface area (Å²) in [5.74, 6) is 0.0991. The van der Waals surface area contributed by atoms with E-state index < -0.39 is 0 Å². The molecule has 0 saturated carbocycles. The molecular formula is C17H21N2OS2+. The Bertz CT molecular complexity index is 668. The molecule has 0 aliphatic carbocycles. The van der Waals surface area contributed by atoms with Crippen molar-refractivity contribution in [2.45, 2.75) is 24.3 Å². The second-order valence-electron chi connectivity index (χ2n) is 5.60. The van der Waals surface area contributed by atoms with Gasteiger partial charge in [-0.15, -0.1) is 23.1 Å². The van der Waals surface area contributed by atoms with E-state index in [1.807, 2.05) is 41.9 Å². The summed E-state index contributed by atoms with van der Waals surface area (Å²) in [5, 5.41) is 5.23. The minimum Gasteiger partial charge on any atom is -0.321 e. The maximum absolute atomic E-state index is 12.4. The highest BCUT2D eigenvalue weighted by Crippen LogP contribution is 2.25. The number of nitrogens with one attached hydrogen (secondary N) is 2. The third-order valence-corrected chi connectivity index (χ3v) is 6.09. The summed E-state index contributed by atoms with van der Waals surface area (Å²) in [5.41, 5.74) is 2.34. The summed E-state index contributed by atoms with van der Waals surface area (Å²) in [6.45, 7) is 3.79. The van der Waals surface area contributed by atoms with E-state index in [4.69, 9.17) is 0 Å². The fraction of sp³-hybridized carbons (Fsp3) is 0.353. The Morgan fingerprint density at radius 2 is 2.23 bits per heavy atom. The van der Waals surface area contributed by atoms with E-state index in [-0.39, 0.29) is 5.91 Å². The molecule has 2 atom stereocenters. The number of benzene rings is 1. The number of fused-ring (bicyclic) bond motifs is 1. The van der Waals surface area contributed by atoms with E-state index in [1.54, 1.807) is 11.8 Å². The average molecular weight is 334 g/mol. The highest BCUT2D eigenvalue weighted by molar-refractivity contribution is 7.98. The highest BCUT2D eigenvalue weighted by Gasteiger charge is 2.29. The molecule has 1 aliphatic heterocycles. The van der Waals surface area contributed by atoms with Crippen LogP contribution < -0.4 is 10.2 Å². The third kappa shape index (κ3) is 3.21. The van der Waals surface area contributed by atoms with Gasteiger partial charge < -0.3 is 10.2 Å². The third-order valence-electron chi connectivity index (χ3n) is 4.30. The molecule has 2 heterocycles. The van der Waals surface area contributed by atoms with Crippen molar-refractivity contribution in [2.75, 3.05) is 24.7 Å². The lowest BCUT2D eigenvalue weighted by atomic mass is 10.0. The molecule has 0 fully saturated rings. The van der Waals surface area contributed by atoms with Gasteiger partial charge in [0.05, 0.1) is 12.2 Å². The summed E-state index contributed by atoms with van der Waals surface area (Å²) >= 11 is 3.50.